The lowest BCUT2D eigenvalue weighted by Gasteiger charge is -2.07. The van der Waals surface area contributed by atoms with E-state index in [-0.39, 0.29) is 23.4 Å². The summed E-state index contributed by atoms with van der Waals surface area (Å²) < 4.78 is 11.1. The average Bonchev–Trinajstić information content (AvgIpc) is 3.35. The number of Topliss-reactive ketones (excluding diaryl/α,β-unsaturated/α-hetero) is 1. The van der Waals surface area contributed by atoms with Crippen molar-refractivity contribution in [2.24, 2.45) is 5.92 Å². The van der Waals surface area contributed by atoms with Gasteiger partial charge in [0, 0.05) is 18.5 Å². The fourth-order valence-corrected chi connectivity index (χ4v) is 2.67. The quantitative estimate of drug-likeness (QED) is 0.493. The van der Waals surface area contributed by atoms with Crippen LogP contribution in [0.25, 0.3) is 6.08 Å². The number of carbonyl (C=O) groups excluding carboxylic acids is 2. The summed E-state index contributed by atoms with van der Waals surface area (Å²) >= 11 is 0. The van der Waals surface area contributed by atoms with Gasteiger partial charge in [-0.2, -0.15) is 0 Å². The third-order valence-corrected chi connectivity index (χ3v) is 4.08. The van der Waals surface area contributed by atoms with Crippen molar-refractivity contribution in [3.63, 3.8) is 0 Å². The van der Waals surface area contributed by atoms with Crippen LogP contribution in [0.15, 0.2) is 42.4 Å². The first-order valence-corrected chi connectivity index (χ1v) is 7.82. The minimum Gasteiger partial charge on any atom is -0.452 e. The van der Waals surface area contributed by atoms with E-state index >= 15 is 0 Å². The molecule has 0 radical (unpaired) electrons. The normalized spacial score (nSPS) is 17.5. The van der Waals surface area contributed by atoms with Gasteiger partial charge in [-0.15, -0.1) is 0 Å². The Labute approximate surface area is 138 Å². The van der Waals surface area contributed by atoms with Crippen molar-refractivity contribution >= 4 is 17.8 Å². The Morgan fingerprint density at radius 1 is 1.29 bits per heavy atom. The van der Waals surface area contributed by atoms with E-state index in [9.17, 15) is 9.59 Å². The van der Waals surface area contributed by atoms with Crippen molar-refractivity contribution in [3.05, 3.63) is 59.1 Å². The maximum atomic E-state index is 12.6. The van der Waals surface area contributed by atoms with Gasteiger partial charge in [0.1, 0.15) is 11.5 Å². The molecular formula is C19H15NO4. The number of esters is 1. The van der Waals surface area contributed by atoms with Gasteiger partial charge in [0.25, 0.3) is 0 Å². The number of pyridine rings is 1. The number of hydrogen-bond donors (Lipinski definition) is 0. The van der Waals surface area contributed by atoms with Crippen LogP contribution in [-0.4, -0.2) is 16.7 Å². The number of allylic oxidation sites excluding steroid dienone is 1. The third kappa shape index (κ3) is 2.69. The van der Waals surface area contributed by atoms with Crippen LogP contribution >= 0.6 is 0 Å². The second-order valence-corrected chi connectivity index (χ2v) is 6.03. The molecule has 0 saturated heterocycles. The highest BCUT2D eigenvalue weighted by atomic mass is 16.5. The highest BCUT2D eigenvalue weighted by Gasteiger charge is 2.33. The van der Waals surface area contributed by atoms with Crippen molar-refractivity contribution in [3.8, 4) is 11.5 Å². The molecule has 1 aliphatic heterocycles. The fraction of sp³-hybridized carbons (Fsp3) is 0.211. The fourth-order valence-electron chi connectivity index (χ4n) is 2.67. The van der Waals surface area contributed by atoms with E-state index in [1.807, 2.05) is 6.92 Å². The maximum Gasteiger partial charge on any atom is 0.314 e. The molecule has 0 atom stereocenters. The Morgan fingerprint density at radius 2 is 2.04 bits per heavy atom. The molecule has 5 heteroatoms. The van der Waals surface area contributed by atoms with E-state index in [1.165, 1.54) is 0 Å². The molecule has 2 aromatic rings. The van der Waals surface area contributed by atoms with Gasteiger partial charge in [0.15, 0.2) is 5.76 Å². The molecule has 0 bridgehead atoms. The third-order valence-electron chi connectivity index (χ3n) is 4.08. The molecule has 0 N–H and O–H groups in total. The molecule has 1 fully saturated rings. The largest absolute Gasteiger partial charge is 0.452 e. The van der Waals surface area contributed by atoms with E-state index in [0.29, 0.717) is 17.1 Å². The molecule has 0 amide bonds. The number of carbonyl (C=O) groups is 2. The smallest absolute Gasteiger partial charge is 0.314 e. The summed E-state index contributed by atoms with van der Waals surface area (Å²) in [4.78, 5) is 28.3. The van der Waals surface area contributed by atoms with Crippen molar-refractivity contribution in [2.45, 2.75) is 19.8 Å². The van der Waals surface area contributed by atoms with Crippen LogP contribution < -0.4 is 9.47 Å². The van der Waals surface area contributed by atoms with Crippen molar-refractivity contribution in [1.29, 1.82) is 0 Å². The number of aromatic nitrogens is 1. The first-order chi connectivity index (χ1) is 11.6. The molecule has 2 aliphatic rings. The molecular weight excluding hydrogens is 306 g/mol. The molecule has 2 heterocycles. The Bertz CT molecular complexity index is 866. The summed E-state index contributed by atoms with van der Waals surface area (Å²) in [5, 5.41) is 0. The van der Waals surface area contributed by atoms with Crippen LogP contribution in [0.3, 0.4) is 0 Å². The molecule has 1 aromatic heterocycles. The average molecular weight is 321 g/mol. The lowest BCUT2D eigenvalue weighted by molar-refractivity contribution is -0.135. The second-order valence-electron chi connectivity index (χ2n) is 6.03. The molecule has 1 aliphatic carbocycles. The number of aryl methyl sites for hydroxylation is 1. The predicted molar refractivity (Wildman–Crippen MR) is 86.7 cm³/mol. The Hall–Kier alpha value is -2.95. The number of rotatable bonds is 3. The van der Waals surface area contributed by atoms with Crippen molar-refractivity contribution < 1.29 is 19.1 Å². The van der Waals surface area contributed by atoms with Gasteiger partial charge in [0.05, 0.1) is 11.5 Å². The zero-order valence-electron chi connectivity index (χ0n) is 13.1. The second kappa shape index (κ2) is 5.60. The summed E-state index contributed by atoms with van der Waals surface area (Å²) in [6, 6.07) is 6.90. The van der Waals surface area contributed by atoms with E-state index in [2.05, 4.69) is 4.98 Å². The molecule has 0 spiro atoms. The lowest BCUT2D eigenvalue weighted by Crippen LogP contribution is -2.10. The topological polar surface area (TPSA) is 65.5 Å². The summed E-state index contributed by atoms with van der Waals surface area (Å²) in [7, 11) is 0. The molecule has 1 aromatic carbocycles. The van der Waals surface area contributed by atoms with E-state index < -0.39 is 0 Å². The van der Waals surface area contributed by atoms with Gasteiger partial charge in [-0.25, -0.2) is 0 Å². The number of ether oxygens (including phenoxy) is 2. The standard InChI is InChI=1S/C19H15NO4/c1-11-8-14(23-19(22)13-2-3-13)10-15-17(11)18(21)16(24-15)9-12-4-6-20-7-5-12/h4-10,13H,2-3H2,1H3/b16-9-. The van der Waals surface area contributed by atoms with Gasteiger partial charge in [-0.1, -0.05) is 0 Å². The summed E-state index contributed by atoms with van der Waals surface area (Å²) in [6.45, 7) is 1.81. The van der Waals surface area contributed by atoms with E-state index in [4.69, 9.17) is 9.47 Å². The number of ketones is 1. The van der Waals surface area contributed by atoms with Crippen molar-refractivity contribution in [1.82, 2.24) is 4.98 Å². The number of fused-ring (bicyclic) bond motifs is 1. The summed E-state index contributed by atoms with van der Waals surface area (Å²) in [5.41, 5.74) is 2.08. The molecule has 24 heavy (non-hydrogen) atoms. The Balaban J connectivity index is 1.64. The minimum atomic E-state index is -0.216. The number of nitrogens with zero attached hydrogens (tertiary/aromatic N) is 1. The summed E-state index contributed by atoms with van der Waals surface area (Å²) in [5.74, 6) is 0.735. The minimum absolute atomic E-state index is 0.0169. The maximum absolute atomic E-state index is 12.6. The first-order valence-electron chi connectivity index (χ1n) is 7.82. The highest BCUT2D eigenvalue weighted by Crippen LogP contribution is 2.38. The van der Waals surface area contributed by atoms with Crippen LogP contribution in [0.4, 0.5) is 0 Å². The van der Waals surface area contributed by atoms with Gasteiger partial charge >= 0.3 is 5.97 Å². The van der Waals surface area contributed by atoms with Crippen molar-refractivity contribution in [2.75, 3.05) is 0 Å². The highest BCUT2D eigenvalue weighted by molar-refractivity contribution is 6.15. The monoisotopic (exact) mass is 321 g/mol. The zero-order valence-corrected chi connectivity index (χ0v) is 13.1. The van der Waals surface area contributed by atoms with E-state index in [1.54, 1.807) is 42.7 Å². The number of benzene rings is 1. The molecule has 120 valence electrons. The zero-order chi connectivity index (χ0) is 16.7. The van der Waals surface area contributed by atoms with Gasteiger partial charge in [-0.3, -0.25) is 14.6 Å². The summed E-state index contributed by atoms with van der Waals surface area (Å²) in [6.07, 6.45) is 6.76. The van der Waals surface area contributed by atoms with Gasteiger partial charge in [0.2, 0.25) is 5.78 Å². The van der Waals surface area contributed by atoms with Crippen LogP contribution in [0.5, 0.6) is 11.5 Å². The van der Waals surface area contributed by atoms with Crippen LogP contribution in [0, 0.1) is 12.8 Å². The van der Waals surface area contributed by atoms with Crippen LogP contribution in [0.1, 0.15) is 34.3 Å². The molecule has 1 saturated carbocycles. The molecule has 0 unspecified atom stereocenters. The van der Waals surface area contributed by atoms with Crippen LogP contribution in [-0.2, 0) is 4.79 Å². The van der Waals surface area contributed by atoms with Gasteiger partial charge in [-0.05, 0) is 55.2 Å². The lowest BCUT2D eigenvalue weighted by atomic mass is 10.0. The van der Waals surface area contributed by atoms with E-state index in [0.717, 1.165) is 24.0 Å². The SMILES string of the molecule is Cc1cc(OC(=O)C2CC2)cc2c1C(=O)/C(=C/c1ccncc1)O2. The first kappa shape index (κ1) is 14.6. The Morgan fingerprint density at radius 3 is 2.75 bits per heavy atom. The number of hydrogen-bond acceptors (Lipinski definition) is 5. The van der Waals surface area contributed by atoms with Gasteiger partial charge < -0.3 is 9.47 Å². The Kier molecular flexibility index (Phi) is 3.41. The molecule has 4 rings (SSSR count). The van der Waals surface area contributed by atoms with Crippen LogP contribution in [0.2, 0.25) is 0 Å². The molecule has 5 nitrogen and oxygen atoms in total. The predicted octanol–water partition coefficient (Wildman–Crippen LogP) is 3.32.